The van der Waals surface area contributed by atoms with Crippen molar-refractivity contribution in [2.24, 2.45) is 0 Å². The third-order valence-electron chi connectivity index (χ3n) is 11.0. The molecule has 0 aliphatic rings. The maximum atomic E-state index is 6.49. The Bertz CT molecular complexity index is 3210. The van der Waals surface area contributed by atoms with Crippen LogP contribution in [0.5, 0.6) is 0 Å². The Labute approximate surface area is 312 Å². The van der Waals surface area contributed by atoms with Crippen LogP contribution in [0.25, 0.3) is 87.3 Å². The summed E-state index contributed by atoms with van der Waals surface area (Å²) in [6, 6.07) is 72.3. The van der Waals surface area contributed by atoms with Crippen molar-refractivity contribution in [1.82, 2.24) is 0 Å². The molecule has 0 aliphatic carbocycles. The molecule has 0 amide bonds. The summed E-state index contributed by atoms with van der Waals surface area (Å²) in [7, 11) is 0. The quantitative estimate of drug-likeness (QED) is 0.168. The van der Waals surface area contributed by atoms with Crippen LogP contribution in [0.3, 0.4) is 0 Å². The molecule has 54 heavy (non-hydrogen) atoms. The first kappa shape index (κ1) is 30.5. The van der Waals surface area contributed by atoms with Gasteiger partial charge in [0.2, 0.25) is 0 Å². The van der Waals surface area contributed by atoms with Gasteiger partial charge in [0.25, 0.3) is 0 Å². The molecule has 11 aromatic rings. The number of benzene rings is 10. The maximum absolute atomic E-state index is 6.49. The van der Waals surface area contributed by atoms with E-state index in [1.54, 1.807) is 0 Å². The zero-order chi connectivity index (χ0) is 35.6. The summed E-state index contributed by atoms with van der Waals surface area (Å²) in [5.74, 6) is 0. The average Bonchev–Trinajstić information content (AvgIpc) is 3.63. The number of anilines is 3. The number of para-hydroxylation sites is 1. The van der Waals surface area contributed by atoms with Crippen LogP contribution in [0.15, 0.2) is 205 Å². The van der Waals surface area contributed by atoms with Gasteiger partial charge in [-0.25, -0.2) is 0 Å². The highest BCUT2D eigenvalue weighted by molar-refractivity contribution is 6.23. The Morgan fingerprint density at radius 3 is 1.65 bits per heavy atom. The minimum Gasteiger partial charge on any atom is -0.456 e. The van der Waals surface area contributed by atoms with E-state index in [0.29, 0.717) is 0 Å². The molecule has 0 bridgehead atoms. The first-order valence-corrected chi connectivity index (χ1v) is 18.5. The van der Waals surface area contributed by atoms with Crippen molar-refractivity contribution in [2.75, 3.05) is 4.90 Å². The van der Waals surface area contributed by atoms with Crippen LogP contribution in [-0.2, 0) is 0 Å². The van der Waals surface area contributed by atoms with Crippen molar-refractivity contribution < 1.29 is 4.42 Å². The van der Waals surface area contributed by atoms with E-state index in [0.717, 1.165) is 39.0 Å². The lowest BCUT2D eigenvalue weighted by Crippen LogP contribution is -2.11. The van der Waals surface area contributed by atoms with Gasteiger partial charge in [-0.3, -0.25) is 0 Å². The van der Waals surface area contributed by atoms with E-state index in [1.165, 1.54) is 65.3 Å². The highest BCUT2D eigenvalue weighted by Crippen LogP contribution is 2.49. The molecule has 0 spiro atoms. The maximum Gasteiger partial charge on any atom is 0.137 e. The van der Waals surface area contributed by atoms with E-state index in [1.807, 2.05) is 6.07 Å². The Kier molecular flexibility index (Phi) is 6.90. The highest BCUT2D eigenvalue weighted by atomic mass is 16.3. The van der Waals surface area contributed by atoms with Gasteiger partial charge in [0.1, 0.15) is 11.2 Å². The van der Waals surface area contributed by atoms with E-state index in [2.05, 4.69) is 199 Å². The van der Waals surface area contributed by atoms with Crippen molar-refractivity contribution in [3.8, 4) is 22.3 Å². The molecule has 0 radical (unpaired) electrons. The number of fused-ring (bicyclic) bond motifs is 9. The summed E-state index contributed by atoms with van der Waals surface area (Å²) in [5, 5.41) is 12.0. The van der Waals surface area contributed by atoms with E-state index in [9.17, 15) is 0 Å². The monoisotopic (exact) mass is 687 g/mol. The third-order valence-corrected chi connectivity index (χ3v) is 11.0. The summed E-state index contributed by atoms with van der Waals surface area (Å²) < 4.78 is 6.49. The molecule has 2 heteroatoms. The lowest BCUT2D eigenvalue weighted by molar-refractivity contribution is 0.669. The Morgan fingerprint density at radius 2 is 0.852 bits per heavy atom. The smallest absolute Gasteiger partial charge is 0.137 e. The first-order chi connectivity index (χ1) is 26.8. The van der Waals surface area contributed by atoms with Gasteiger partial charge in [0.05, 0.1) is 16.8 Å². The van der Waals surface area contributed by atoms with Crippen LogP contribution in [-0.4, -0.2) is 0 Å². The zero-order valence-electron chi connectivity index (χ0n) is 29.4. The van der Waals surface area contributed by atoms with E-state index in [-0.39, 0.29) is 0 Å². The van der Waals surface area contributed by atoms with Gasteiger partial charge in [0.15, 0.2) is 0 Å². The topological polar surface area (TPSA) is 16.4 Å². The molecule has 0 saturated carbocycles. The fourth-order valence-corrected chi connectivity index (χ4v) is 8.70. The summed E-state index contributed by atoms with van der Waals surface area (Å²) in [6.07, 6.45) is 0. The Hall–Kier alpha value is -7.16. The summed E-state index contributed by atoms with van der Waals surface area (Å²) in [6.45, 7) is 0. The van der Waals surface area contributed by atoms with Crippen LogP contribution < -0.4 is 4.90 Å². The van der Waals surface area contributed by atoms with Crippen molar-refractivity contribution in [1.29, 1.82) is 0 Å². The molecular formula is C52H33NO. The van der Waals surface area contributed by atoms with Crippen LogP contribution in [0.1, 0.15) is 0 Å². The van der Waals surface area contributed by atoms with Gasteiger partial charge < -0.3 is 9.32 Å². The second-order valence-corrected chi connectivity index (χ2v) is 14.0. The van der Waals surface area contributed by atoms with E-state index >= 15 is 0 Å². The van der Waals surface area contributed by atoms with Gasteiger partial charge in [-0.05, 0) is 96.4 Å². The lowest BCUT2D eigenvalue weighted by atomic mass is 9.85. The zero-order valence-corrected chi connectivity index (χ0v) is 29.4. The van der Waals surface area contributed by atoms with Gasteiger partial charge in [-0.1, -0.05) is 164 Å². The molecule has 0 aliphatic heterocycles. The molecule has 2 nitrogen and oxygen atoms in total. The Balaban J connectivity index is 1.29. The molecule has 1 heterocycles. The van der Waals surface area contributed by atoms with Crippen LogP contribution in [0.4, 0.5) is 17.1 Å². The molecule has 252 valence electrons. The van der Waals surface area contributed by atoms with Gasteiger partial charge in [-0.2, -0.15) is 0 Å². The Morgan fingerprint density at radius 1 is 0.315 bits per heavy atom. The van der Waals surface area contributed by atoms with Crippen LogP contribution in [0, 0.1) is 0 Å². The van der Waals surface area contributed by atoms with Crippen molar-refractivity contribution in [3.05, 3.63) is 200 Å². The number of rotatable bonds is 5. The van der Waals surface area contributed by atoms with Gasteiger partial charge in [-0.15, -0.1) is 0 Å². The first-order valence-electron chi connectivity index (χ1n) is 18.5. The molecule has 1 aromatic heterocycles. The average molecular weight is 688 g/mol. The summed E-state index contributed by atoms with van der Waals surface area (Å²) in [4.78, 5) is 2.45. The molecule has 0 fully saturated rings. The molecule has 0 saturated heterocycles. The summed E-state index contributed by atoms with van der Waals surface area (Å²) in [5.41, 5.74) is 9.88. The standard InChI is InChI=1S/C52H33NO/c1-3-16-35(17-4-1)50-43-22-10-9-21-40(43)41-32-30-37(33-45(41)51(50)36-18-5-2-6-19-36)53(47-26-14-28-49-52(47)44-23-11-12-27-48(44)54-49)46-25-13-24-39-38-20-8-7-15-34(38)29-31-42(39)46/h1-33H. The minimum atomic E-state index is 0.868. The second kappa shape index (κ2) is 12.2. The predicted octanol–water partition coefficient (Wildman–Crippen LogP) is 15.0. The highest BCUT2D eigenvalue weighted by Gasteiger charge is 2.24. The fraction of sp³-hybridized carbons (Fsp3) is 0. The lowest BCUT2D eigenvalue weighted by Gasteiger charge is -2.29. The summed E-state index contributed by atoms with van der Waals surface area (Å²) >= 11 is 0. The second-order valence-electron chi connectivity index (χ2n) is 14.0. The van der Waals surface area contributed by atoms with Crippen LogP contribution in [0.2, 0.25) is 0 Å². The number of hydrogen-bond donors (Lipinski definition) is 0. The number of furan rings is 1. The van der Waals surface area contributed by atoms with E-state index < -0.39 is 0 Å². The van der Waals surface area contributed by atoms with Crippen LogP contribution >= 0.6 is 0 Å². The SMILES string of the molecule is c1ccc(-c2c(-c3ccccc3)c3cc(N(c4cccc5c4ccc4ccccc45)c4cccc5oc6ccccc6c45)ccc3c3ccccc23)cc1. The number of hydrogen-bond acceptors (Lipinski definition) is 2. The van der Waals surface area contributed by atoms with Gasteiger partial charge >= 0.3 is 0 Å². The van der Waals surface area contributed by atoms with Crippen molar-refractivity contribution in [2.45, 2.75) is 0 Å². The molecule has 0 atom stereocenters. The molecular weight excluding hydrogens is 655 g/mol. The van der Waals surface area contributed by atoms with Gasteiger partial charge in [0, 0.05) is 16.5 Å². The third kappa shape index (κ3) is 4.67. The number of nitrogens with zero attached hydrogens (tertiary/aromatic N) is 1. The fourth-order valence-electron chi connectivity index (χ4n) is 8.70. The molecule has 0 N–H and O–H groups in total. The normalized spacial score (nSPS) is 11.7. The largest absolute Gasteiger partial charge is 0.456 e. The molecule has 10 aromatic carbocycles. The molecule has 11 rings (SSSR count). The minimum absolute atomic E-state index is 0.868. The predicted molar refractivity (Wildman–Crippen MR) is 229 cm³/mol. The van der Waals surface area contributed by atoms with E-state index in [4.69, 9.17) is 4.42 Å². The molecule has 0 unspecified atom stereocenters. The van der Waals surface area contributed by atoms with Crippen molar-refractivity contribution >= 4 is 82.1 Å². The van der Waals surface area contributed by atoms with Crippen molar-refractivity contribution in [3.63, 3.8) is 0 Å².